The Balaban J connectivity index is 0.961. The van der Waals surface area contributed by atoms with Crippen LogP contribution in [0.1, 0.15) is 55.3 Å². The molecule has 10 heteroatoms. The smallest absolute Gasteiger partial charge is 0.261 e. The molecule has 2 aromatic carbocycles. The Labute approximate surface area is 254 Å². The highest BCUT2D eigenvalue weighted by molar-refractivity contribution is 6.36. The maximum Gasteiger partial charge on any atom is 0.261 e. The van der Waals surface area contributed by atoms with Crippen LogP contribution in [0.2, 0.25) is 10.0 Å². The molecule has 1 amide bonds. The highest BCUT2D eigenvalue weighted by atomic mass is 35.5. The second-order valence-electron chi connectivity index (χ2n) is 11.4. The number of hydrogen-bond acceptors (Lipinski definition) is 5. The van der Waals surface area contributed by atoms with Crippen LogP contribution in [0.25, 0.3) is 21.8 Å². The first kappa shape index (κ1) is 28.6. The van der Waals surface area contributed by atoms with E-state index in [1.807, 2.05) is 23.1 Å². The first-order valence-electron chi connectivity index (χ1n) is 14.7. The van der Waals surface area contributed by atoms with Crippen molar-refractivity contribution in [2.45, 2.75) is 57.9 Å². The van der Waals surface area contributed by atoms with Gasteiger partial charge in [-0.3, -0.25) is 24.5 Å². The molecule has 0 unspecified atom stereocenters. The lowest BCUT2D eigenvalue weighted by Crippen LogP contribution is -2.40. The van der Waals surface area contributed by atoms with Crippen LogP contribution >= 0.6 is 23.2 Å². The zero-order valence-electron chi connectivity index (χ0n) is 23.5. The fraction of sp³-hybridized carbons (Fsp3) is 0.406. The Kier molecular flexibility index (Phi) is 8.45. The third-order valence-corrected chi connectivity index (χ3v) is 9.23. The minimum atomic E-state index is -0.0593. The standard InChI is InChI=1S/C32H34Cl2N6O2/c33-22-8-10-25-27(17-22)37-19-40(32(25)42)18-20-11-14-39(15-12-20)29(41)6-3-13-36-31(35)21-7-9-24-28(16-21)38-26-5-2-1-4-23(26)30(24)34/h7-10,16-17,19-20H,1-6,11-15,18H2,(H2,35,36). The van der Waals surface area contributed by atoms with Gasteiger partial charge in [0.1, 0.15) is 5.84 Å². The summed E-state index contributed by atoms with van der Waals surface area (Å²) in [4.78, 5) is 36.9. The predicted molar refractivity (Wildman–Crippen MR) is 168 cm³/mol. The van der Waals surface area contributed by atoms with E-state index >= 15 is 0 Å². The number of nitrogens with zero attached hydrogens (tertiary/aromatic N) is 4. The van der Waals surface area contributed by atoms with E-state index in [1.54, 1.807) is 29.1 Å². The van der Waals surface area contributed by atoms with Gasteiger partial charge < -0.3 is 10.2 Å². The minimum absolute atomic E-state index is 0.0593. The molecule has 218 valence electrons. The van der Waals surface area contributed by atoms with E-state index in [1.165, 1.54) is 5.56 Å². The normalized spacial score (nSPS) is 15.6. The molecule has 1 fully saturated rings. The Hall–Kier alpha value is -3.49. The number of pyridine rings is 1. The number of carbonyl (C=O) groups excluding carboxylic acids is 1. The number of piperidine rings is 1. The van der Waals surface area contributed by atoms with Crippen molar-refractivity contribution in [1.82, 2.24) is 24.8 Å². The molecule has 42 heavy (non-hydrogen) atoms. The summed E-state index contributed by atoms with van der Waals surface area (Å²) < 4.78 is 1.67. The summed E-state index contributed by atoms with van der Waals surface area (Å²) in [6.45, 7) is 2.51. The van der Waals surface area contributed by atoms with Crippen molar-refractivity contribution >= 4 is 56.8 Å². The van der Waals surface area contributed by atoms with Crippen molar-refractivity contribution < 1.29 is 4.79 Å². The first-order valence-corrected chi connectivity index (χ1v) is 15.5. The van der Waals surface area contributed by atoms with Gasteiger partial charge in [0.25, 0.3) is 5.56 Å². The molecule has 8 nitrogen and oxygen atoms in total. The van der Waals surface area contributed by atoms with Gasteiger partial charge in [-0.05, 0) is 80.7 Å². The number of halogens is 2. The van der Waals surface area contributed by atoms with Crippen molar-refractivity contribution in [3.63, 3.8) is 0 Å². The summed E-state index contributed by atoms with van der Waals surface area (Å²) in [7, 11) is 0. The maximum atomic E-state index is 12.9. The summed E-state index contributed by atoms with van der Waals surface area (Å²) in [6, 6.07) is 10.9. The van der Waals surface area contributed by atoms with Gasteiger partial charge >= 0.3 is 0 Å². The second kappa shape index (κ2) is 12.4. The average molecular weight is 606 g/mol. The number of nitrogens with one attached hydrogen (secondary N) is 2. The molecule has 1 aliphatic heterocycles. The summed E-state index contributed by atoms with van der Waals surface area (Å²) in [5.74, 6) is 0.775. The van der Waals surface area contributed by atoms with Crippen LogP contribution in [-0.4, -0.2) is 50.8 Å². The number of aryl methyl sites for hydroxylation is 1. The Morgan fingerprint density at radius 2 is 1.81 bits per heavy atom. The van der Waals surface area contributed by atoms with E-state index in [4.69, 9.17) is 33.6 Å². The monoisotopic (exact) mass is 604 g/mol. The van der Waals surface area contributed by atoms with E-state index in [0.29, 0.717) is 66.7 Å². The molecule has 1 saturated heterocycles. The topological polar surface area (TPSA) is 104 Å². The predicted octanol–water partition coefficient (Wildman–Crippen LogP) is 5.76. The van der Waals surface area contributed by atoms with Gasteiger partial charge in [-0.15, -0.1) is 0 Å². The molecule has 1 aliphatic carbocycles. The number of fused-ring (bicyclic) bond motifs is 3. The molecular formula is C32H34Cl2N6O2. The number of amides is 1. The molecule has 6 rings (SSSR count). The number of benzene rings is 2. The number of amidine groups is 1. The fourth-order valence-electron chi connectivity index (χ4n) is 6.14. The van der Waals surface area contributed by atoms with Crippen LogP contribution in [0.15, 0.2) is 47.5 Å². The Bertz CT molecular complexity index is 1730. The van der Waals surface area contributed by atoms with E-state index in [0.717, 1.165) is 65.7 Å². The lowest BCUT2D eigenvalue weighted by Gasteiger charge is -2.32. The van der Waals surface area contributed by atoms with Crippen LogP contribution in [0.5, 0.6) is 0 Å². The second-order valence-corrected chi connectivity index (χ2v) is 12.2. The van der Waals surface area contributed by atoms with Crippen LogP contribution in [-0.2, 0) is 24.2 Å². The molecule has 0 atom stereocenters. The Morgan fingerprint density at radius 3 is 2.64 bits per heavy atom. The van der Waals surface area contributed by atoms with Gasteiger partial charge in [-0.1, -0.05) is 35.3 Å². The van der Waals surface area contributed by atoms with Crippen molar-refractivity contribution in [3.05, 3.63) is 79.9 Å². The highest BCUT2D eigenvalue weighted by Gasteiger charge is 2.23. The summed E-state index contributed by atoms with van der Waals surface area (Å²) >= 11 is 12.7. The maximum absolute atomic E-state index is 12.9. The highest BCUT2D eigenvalue weighted by Crippen LogP contribution is 2.33. The van der Waals surface area contributed by atoms with Crippen molar-refractivity contribution in [2.24, 2.45) is 5.92 Å². The van der Waals surface area contributed by atoms with Crippen molar-refractivity contribution in [1.29, 1.82) is 5.41 Å². The van der Waals surface area contributed by atoms with Crippen LogP contribution in [0.4, 0.5) is 0 Å². The van der Waals surface area contributed by atoms with Gasteiger partial charge in [0.05, 0.1) is 27.8 Å². The molecule has 0 radical (unpaired) electrons. The third kappa shape index (κ3) is 6.01. The number of likely N-dealkylation sites (tertiary alicyclic amines) is 1. The van der Waals surface area contributed by atoms with E-state index < -0.39 is 0 Å². The zero-order chi connectivity index (χ0) is 29.2. The third-order valence-electron chi connectivity index (χ3n) is 8.56. The van der Waals surface area contributed by atoms with Gasteiger partial charge in [-0.25, -0.2) is 4.98 Å². The molecule has 0 bridgehead atoms. The molecule has 2 aromatic heterocycles. The van der Waals surface area contributed by atoms with E-state index in [-0.39, 0.29) is 11.5 Å². The van der Waals surface area contributed by atoms with Gasteiger partial charge in [-0.2, -0.15) is 0 Å². The number of aromatic nitrogens is 3. The van der Waals surface area contributed by atoms with Gasteiger partial charge in [0.15, 0.2) is 0 Å². The minimum Gasteiger partial charge on any atom is -0.370 e. The molecule has 0 saturated carbocycles. The van der Waals surface area contributed by atoms with Crippen molar-refractivity contribution in [2.75, 3.05) is 19.6 Å². The largest absolute Gasteiger partial charge is 0.370 e. The molecule has 2 N–H and O–H groups in total. The molecule has 0 spiro atoms. The molecule has 2 aliphatic rings. The lowest BCUT2D eigenvalue weighted by molar-refractivity contribution is -0.132. The van der Waals surface area contributed by atoms with Gasteiger partial charge in [0, 0.05) is 54.3 Å². The number of carbonyl (C=O) groups is 1. The molecule has 3 heterocycles. The first-order chi connectivity index (χ1) is 20.4. The summed E-state index contributed by atoms with van der Waals surface area (Å²) in [5.41, 5.74) is 4.40. The summed E-state index contributed by atoms with van der Waals surface area (Å²) in [6.07, 6.45) is 8.60. The number of rotatable bonds is 7. The fourth-order valence-corrected chi connectivity index (χ4v) is 6.67. The van der Waals surface area contributed by atoms with E-state index in [9.17, 15) is 9.59 Å². The lowest BCUT2D eigenvalue weighted by atomic mass is 9.94. The summed E-state index contributed by atoms with van der Waals surface area (Å²) in [5, 5.41) is 14.5. The van der Waals surface area contributed by atoms with Crippen molar-refractivity contribution in [3.8, 4) is 0 Å². The van der Waals surface area contributed by atoms with Crippen LogP contribution in [0.3, 0.4) is 0 Å². The van der Waals surface area contributed by atoms with Crippen LogP contribution < -0.4 is 10.9 Å². The van der Waals surface area contributed by atoms with Crippen LogP contribution in [0, 0.1) is 11.3 Å². The average Bonchev–Trinajstić information content (AvgIpc) is 3.00. The van der Waals surface area contributed by atoms with E-state index in [2.05, 4.69) is 10.3 Å². The molecular weight excluding hydrogens is 571 g/mol. The quantitative estimate of drug-likeness (QED) is 0.158. The molecule has 4 aromatic rings. The zero-order valence-corrected chi connectivity index (χ0v) is 25.0. The SMILES string of the molecule is N=C(NCCCC(=O)N1CCC(Cn2cnc3cc(Cl)ccc3c2=O)CC1)c1ccc2c(Cl)c3c(nc2c1)CCCC3. The Morgan fingerprint density at radius 1 is 1.02 bits per heavy atom. The van der Waals surface area contributed by atoms with Gasteiger partial charge in [0.2, 0.25) is 5.91 Å². The number of hydrogen-bond donors (Lipinski definition) is 2.